The van der Waals surface area contributed by atoms with E-state index in [1.165, 1.54) is 103 Å². The molecule has 2 atom stereocenters. The minimum atomic E-state index is 0.489. The lowest BCUT2D eigenvalue weighted by Gasteiger charge is -2.32. The van der Waals surface area contributed by atoms with E-state index >= 15 is 0 Å². The van der Waals surface area contributed by atoms with Crippen LogP contribution in [0.25, 0.3) is 0 Å². The molecule has 2 heteroatoms. The van der Waals surface area contributed by atoms with Gasteiger partial charge in [-0.05, 0) is 51.6 Å². The quantitative estimate of drug-likeness (QED) is 0.252. The minimum absolute atomic E-state index is 0.489. The molecule has 1 aliphatic heterocycles. The van der Waals surface area contributed by atoms with Crippen LogP contribution in [0.4, 0.5) is 0 Å². The fourth-order valence-corrected chi connectivity index (χ4v) is 4.53. The molecule has 0 saturated carbocycles. The molecular weight excluding hydrogens is 318 g/mol. The molecule has 26 heavy (non-hydrogen) atoms. The van der Waals surface area contributed by atoms with E-state index in [4.69, 9.17) is 4.74 Å². The molecular formula is C24H49NO. The highest BCUT2D eigenvalue weighted by Gasteiger charge is 2.24. The number of rotatable bonds is 17. The SMILES string of the molecule is CCCCCCCC(CCCCCCC)N(CC)CCC1COC(C)C1. The van der Waals surface area contributed by atoms with Crippen molar-refractivity contribution in [2.75, 3.05) is 19.7 Å². The van der Waals surface area contributed by atoms with Crippen molar-refractivity contribution >= 4 is 0 Å². The van der Waals surface area contributed by atoms with Crippen LogP contribution in [-0.2, 0) is 4.74 Å². The first-order valence-corrected chi connectivity index (χ1v) is 12.1. The molecule has 2 nitrogen and oxygen atoms in total. The van der Waals surface area contributed by atoms with E-state index in [0.29, 0.717) is 6.10 Å². The zero-order chi connectivity index (χ0) is 19.0. The van der Waals surface area contributed by atoms with Crippen LogP contribution in [0.1, 0.15) is 118 Å². The van der Waals surface area contributed by atoms with Crippen molar-refractivity contribution in [1.29, 1.82) is 0 Å². The molecule has 0 bridgehead atoms. The molecule has 0 N–H and O–H groups in total. The summed E-state index contributed by atoms with van der Waals surface area (Å²) in [4.78, 5) is 2.81. The average molecular weight is 368 g/mol. The summed E-state index contributed by atoms with van der Waals surface area (Å²) in [6, 6.07) is 0.822. The van der Waals surface area contributed by atoms with E-state index in [0.717, 1.165) is 18.6 Å². The van der Waals surface area contributed by atoms with Gasteiger partial charge in [0.1, 0.15) is 0 Å². The van der Waals surface area contributed by atoms with Gasteiger partial charge >= 0.3 is 0 Å². The predicted molar refractivity (Wildman–Crippen MR) is 116 cm³/mol. The predicted octanol–water partition coefficient (Wildman–Crippen LogP) is 7.21. The van der Waals surface area contributed by atoms with Crippen LogP contribution >= 0.6 is 0 Å². The summed E-state index contributed by atoms with van der Waals surface area (Å²) in [5.74, 6) is 0.800. The van der Waals surface area contributed by atoms with Crippen molar-refractivity contribution < 1.29 is 4.74 Å². The molecule has 0 radical (unpaired) electrons. The van der Waals surface area contributed by atoms with Gasteiger partial charge in [-0.1, -0.05) is 85.0 Å². The molecule has 0 aromatic heterocycles. The Morgan fingerprint density at radius 2 is 1.42 bits per heavy atom. The Morgan fingerprint density at radius 3 is 1.88 bits per heavy atom. The Morgan fingerprint density at radius 1 is 0.846 bits per heavy atom. The van der Waals surface area contributed by atoms with E-state index < -0.39 is 0 Å². The van der Waals surface area contributed by atoms with Crippen molar-refractivity contribution in [3.8, 4) is 0 Å². The summed E-state index contributed by atoms with van der Waals surface area (Å²) in [7, 11) is 0. The van der Waals surface area contributed by atoms with Gasteiger partial charge in [0.2, 0.25) is 0 Å². The van der Waals surface area contributed by atoms with E-state index in [2.05, 4.69) is 32.6 Å². The molecule has 1 aliphatic rings. The van der Waals surface area contributed by atoms with Crippen LogP contribution in [-0.4, -0.2) is 36.7 Å². The van der Waals surface area contributed by atoms with Crippen LogP contribution in [0.5, 0.6) is 0 Å². The molecule has 1 rings (SSSR count). The Labute approximate surface area is 165 Å². The van der Waals surface area contributed by atoms with E-state index in [1.54, 1.807) is 0 Å². The van der Waals surface area contributed by atoms with Gasteiger partial charge in [-0.2, -0.15) is 0 Å². The van der Waals surface area contributed by atoms with Gasteiger partial charge in [-0.3, -0.25) is 0 Å². The van der Waals surface area contributed by atoms with E-state index in [1.807, 2.05) is 0 Å². The number of ether oxygens (including phenoxy) is 1. The van der Waals surface area contributed by atoms with E-state index in [9.17, 15) is 0 Å². The third-order valence-electron chi connectivity index (χ3n) is 6.31. The van der Waals surface area contributed by atoms with Crippen LogP contribution in [0.15, 0.2) is 0 Å². The van der Waals surface area contributed by atoms with Crippen LogP contribution in [0, 0.1) is 5.92 Å². The van der Waals surface area contributed by atoms with Gasteiger partial charge in [0.25, 0.3) is 0 Å². The Hall–Kier alpha value is -0.0800. The second kappa shape index (κ2) is 15.9. The highest BCUT2D eigenvalue weighted by molar-refractivity contribution is 4.76. The van der Waals surface area contributed by atoms with Crippen molar-refractivity contribution in [3.05, 3.63) is 0 Å². The summed E-state index contributed by atoms with van der Waals surface area (Å²) >= 11 is 0. The zero-order valence-corrected chi connectivity index (χ0v) is 18.6. The topological polar surface area (TPSA) is 12.5 Å². The summed E-state index contributed by atoms with van der Waals surface area (Å²) in [5, 5.41) is 0. The second-order valence-corrected chi connectivity index (χ2v) is 8.72. The van der Waals surface area contributed by atoms with Crippen LogP contribution in [0.2, 0.25) is 0 Å². The van der Waals surface area contributed by atoms with Crippen LogP contribution < -0.4 is 0 Å². The molecule has 1 heterocycles. The van der Waals surface area contributed by atoms with Crippen molar-refractivity contribution in [3.63, 3.8) is 0 Å². The van der Waals surface area contributed by atoms with Crippen molar-refractivity contribution in [2.24, 2.45) is 5.92 Å². The van der Waals surface area contributed by atoms with Gasteiger partial charge in [0, 0.05) is 12.6 Å². The Bertz CT molecular complexity index is 293. The van der Waals surface area contributed by atoms with Crippen molar-refractivity contribution in [1.82, 2.24) is 4.90 Å². The van der Waals surface area contributed by atoms with Gasteiger partial charge in [-0.15, -0.1) is 0 Å². The normalized spacial score (nSPS) is 20.5. The first-order valence-electron chi connectivity index (χ1n) is 12.1. The lowest BCUT2D eigenvalue weighted by Crippen LogP contribution is -2.37. The van der Waals surface area contributed by atoms with Crippen molar-refractivity contribution in [2.45, 2.75) is 130 Å². The highest BCUT2D eigenvalue weighted by atomic mass is 16.5. The van der Waals surface area contributed by atoms with E-state index in [-0.39, 0.29) is 0 Å². The number of unbranched alkanes of at least 4 members (excludes halogenated alkanes) is 8. The molecule has 1 fully saturated rings. The maximum absolute atomic E-state index is 5.78. The fraction of sp³-hybridized carbons (Fsp3) is 1.00. The zero-order valence-electron chi connectivity index (χ0n) is 18.6. The number of nitrogens with zero attached hydrogens (tertiary/aromatic N) is 1. The summed E-state index contributed by atoms with van der Waals surface area (Å²) in [6.45, 7) is 12.7. The standard InChI is InChI=1S/C24H49NO/c1-5-8-10-12-14-16-24(17-15-13-11-9-6-2)25(7-3)19-18-23-20-22(4)26-21-23/h22-24H,5-21H2,1-4H3. The first-order chi connectivity index (χ1) is 12.7. The number of hydrogen-bond donors (Lipinski definition) is 0. The smallest absolute Gasteiger partial charge is 0.0550 e. The van der Waals surface area contributed by atoms with Gasteiger partial charge < -0.3 is 9.64 Å². The molecule has 1 saturated heterocycles. The lowest BCUT2D eigenvalue weighted by molar-refractivity contribution is 0.116. The molecule has 0 aromatic carbocycles. The van der Waals surface area contributed by atoms with Gasteiger partial charge in [0.15, 0.2) is 0 Å². The molecule has 0 amide bonds. The third-order valence-corrected chi connectivity index (χ3v) is 6.31. The molecule has 0 aliphatic carbocycles. The largest absolute Gasteiger partial charge is 0.378 e. The fourth-order valence-electron chi connectivity index (χ4n) is 4.53. The number of hydrogen-bond acceptors (Lipinski definition) is 2. The summed E-state index contributed by atoms with van der Waals surface area (Å²) in [6.07, 6.45) is 20.1. The Kier molecular flexibility index (Phi) is 14.7. The summed E-state index contributed by atoms with van der Waals surface area (Å²) < 4.78 is 5.78. The summed E-state index contributed by atoms with van der Waals surface area (Å²) in [5.41, 5.74) is 0. The third kappa shape index (κ3) is 10.9. The molecule has 156 valence electrons. The van der Waals surface area contributed by atoms with Gasteiger partial charge in [-0.25, -0.2) is 0 Å². The highest BCUT2D eigenvalue weighted by Crippen LogP contribution is 2.24. The lowest BCUT2D eigenvalue weighted by atomic mass is 9.97. The Balaban J connectivity index is 2.37. The first kappa shape index (κ1) is 24.0. The van der Waals surface area contributed by atoms with Crippen LogP contribution in [0.3, 0.4) is 0 Å². The molecule has 2 unspecified atom stereocenters. The molecule has 0 spiro atoms. The maximum atomic E-state index is 5.78. The second-order valence-electron chi connectivity index (χ2n) is 8.72. The minimum Gasteiger partial charge on any atom is -0.378 e. The molecule has 0 aromatic rings. The monoisotopic (exact) mass is 367 g/mol. The average Bonchev–Trinajstić information content (AvgIpc) is 3.06. The maximum Gasteiger partial charge on any atom is 0.0550 e. The van der Waals surface area contributed by atoms with Gasteiger partial charge in [0.05, 0.1) is 6.10 Å².